The Bertz CT molecular complexity index is 4.75. The van der Waals surface area contributed by atoms with Crippen LogP contribution in [0.3, 0.4) is 0 Å². The third kappa shape index (κ3) is 0. The monoisotopic (exact) mass is 254 g/mol. The number of hydrogen-bond donors (Lipinski definition) is 0. The van der Waals surface area contributed by atoms with E-state index >= 15 is 0 Å². The zero-order valence-corrected chi connectivity index (χ0v) is 15.6. The van der Waals surface area contributed by atoms with Crippen molar-refractivity contribution in [3.63, 3.8) is 0 Å². The van der Waals surface area contributed by atoms with Crippen molar-refractivity contribution in [2.75, 3.05) is 0 Å². The van der Waals surface area contributed by atoms with E-state index in [1.54, 1.807) is 0 Å². The van der Waals surface area contributed by atoms with Gasteiger partial charge in [0.25, 0.3) is 0 Å². The van der Waals surface area contributed by atoms with Gasteiger partial charge in [0, 0.05) is 0 Å². The first-order chi connectivity index (χ1) is 7.73. The fraction of sp³-hybridized carbons (Fsp3) is 1.00. The largest absolute Gasteiger partial charge is 0.0776 e. The molecule has 0 bridgehead atoms. The second kappa shape index (κ2) is 400. The van der Waals surface area contributed by atoms with Crippen LogP contribution in [0.25, 0.3) is 0 Å². The zero-order chi connectivity index (χ0) is 15.6. The summed E-state index contributed by atoms with van der Waals surface area (Å²) in [5, 5.41) is 0. The van der Waals surface area contributed by atoms with E-state index in [0.29, 0.717) is 0 Å². The summed E-state index contributed by atoms with van der Waals surface area (Å²) >= 11 is 0. The predicted molar refractivity (Wildman–Crippen MR) is 95.3 cm³/mol. The van der Waals surface area contributed by atoms with Crippen LogP contribution >= 0.6 is 0 Å². The van der Waals surface area contributed by atoms with Crippen LogP contribution in [0.1, 0.15) is 111 Å². The molecule has 0 amide bonds. The molecule has 0 nitrogen and oxygen atoms in total. The van der Waals surface area contributed by atoms with Gasteiger partial charge in [0.1, 0.15) is 0 Å². The van der Waals surface area contributed by atoms with Crippen LogP contribution in [0.15, 0.2) is 0 Å². The van der Waals surface area contributed by atoms with Gasteiger partial charge in [0.15, 0.2) is 0 Å². The maximum Gasteiger partial charge on any atom is -0.0500 e. The molecule has 0 aromatic heterocycles. The van der Waals surface area contributed by atoms with E-state index in [1.807, 2.05) is 83.1 Å². The van der Waals surface area contributed by atoms with Crippen molar-refractivity contribution < 1.29 is 0 Å². The normalized spacial score (nSPS) is 4.24. The second-order valence-electron chi connectivity index (χ2n) is 1.73. The molecule has 0 radical (unpaired) electrons. The second-order valence-corrected chi connectivity index (χ2v) is 1.73. The molecule has 0 heterocycles. The maximum atomic E-state index is 2.17. The smallest absolute Gasteiger partial charge is 0.0500 e. The standard InChI is InChI=1S/C4H10.6C2H6.CH4/c1-4(2)3;6*1-2;/h4H,1-3H3;6*1-2H3;1H4. The Kier molecular flexibility index (Phi) is 1260. The van der Waals surface area contributed by atoms with Gasteiger partial charge >= 0.3 is 0 Å². The Morgan fingerprint density at radius 1 is 0.353 bits per heavy atom. The fourth-order valence-corrected chi connectivity index (χ4v) is 0. The maximum absolute atomic E-state index is 2.17. The molecule has 0 aromatic carbocycles. The Hall–Kier alpha value is 0. The first-order valence-electron chi connectivity index (χ1n) is 7.73. The topological polar surface area (TPSA) is 0 Å². The van der Waals surface area contributed by atoms with Gasteiger partial charge < -0.3 is 0 Å². The third-order valence-electron chi connectivity index (χ3n) is 0. The lowest BCUT2D eigenvalue weighted by Crippen LogP contribution is -1.66. The minimum Gasteiger partial charge on any atom is -0.0776 e. The molecule has 0 aliphatic rings. The summed E-state index contributed by atoms with van der Waals surface area (Å²) in [5.41, 5.74) is 0. The van der Waals surface area contributed by atoms with Gasteiger partial charge in [-0.15, -0.1) is 0 Å². The lowest BCUT2D eigenvalue weighted by atomic mass is 10.3. The molecule has 118 valence electrons. The van der Waals surface area contributed by atoms with Crippen molar-refractivity contribution in [2.45, 2.75) is 111 Å². The zero-order valence-electron chi connectivity index (χ0n) is 15.6. The highest BCUT2D eigenvalue weighted by molar-refractivity contribution is 4.20. The van der Waals surface area contributed by atoms with Crippen LogP contribution in [0.2, 0.25) is 0 Å². The quantitative estimate of drug-likeness (QED) is 0.406. The van der Waals surface area contributed by atoms with Crippen molar-refractivity contribution in [1.29, 1.82) is 0 Å². The SMILES string of the molecule is C.CC.CC.CC.CC.CC.CC.CC(C)C. The van der Waals surface area contributed by atoms with Crippen LogP contribution in [-0.2, 0) is 0 Å². The van der Waals surface area contributed by atoms with E-state index in [2.05, 4.69) is 20.8 Å². The molecule has 0 spiro atoms. The van der Waals surface area contributed by atoms with Crippen molar-refractivity contribution in [1.82, 2.24) is 0 Å². The van der Waals surface area contributed by atoms with Gasteiger partial charge in [-0.2, -0.15) is 0 Å². The Morgan fingerprint density at radius 3 is 0.353 bits per heavy atom. The number of hydrogen-bond acceptors (Lipinski definition) is 0. The molecule has 0 saturated heterocycles. The first kappa shape index (κ1) is 53.7. The van der Waals surface area contributed by atoms with Crippen molar-refractivity contribution in [3.8, 4) is 0 Å². The molecule has 0 saturated carbocycles. The molecule has 0 atom stereocenters. The average Bonchev–Trinajstić information content (AvgIpc) is 2.42. The van der Waals surface area contributed by atoms with Gasteiger partial charge in [-0.1, -0.05) is 111 Å². The van der Waals surface area contributed by atoms with Crippen LogP contribution < -0.4 is 0 Å². The van der Waals surface area contributed by atoms with Crippen LogP contribution in [-0.4, -0.2) is 0 Å². The van der Waals surface area contributed by atoms with E-state index in [0.717, 1.165) is 5.92 Å². The highest BCUT2D eigenvalue weighted by atomic mass is 13.7. The molecule has 0 aliphatic heterocycles. The summed E-state index contributed by atoms with van der Waals surface area (Å²) in [4.78, 5) is 0. The average molecular weight is 255 g/mol. The lowest BCUT2D eigenvalue weighted by molar-refractivity contribution is 0.737. The molecule has 0 unspecified atom stereocenters. The van der Waals surface area contributed by atoms with E-state index in [-0.39, 0.29) is 7.43 Å². The van der Waals surface area contributed by atoms with Crippen molar-refractivity contribution in [3.05, 3.63) is 0 Å². The molecule has 0 aromatic rings. The molecule has 0 N–H and O–H groups in total. The molecule has 0 rings (SSSR count). The molecule has 0 heteroatoms. The Balaban J connectivity index is -0.00000000946. The summed E-state index contributed by atoms with van der Waals surface area (Å²) in [7, 11) is 0. The molecule has 0 fully saturated rings. The Labute approximate surface area is 118 Å². The van der Waals surface area contributed by atoms with E-state index in [4.69, 9.17) is 0 Å². The van der Waals surface area contributed by atoms with Gasteiger partial charge in [0.2, 0.25) is 0 Å². The van der Waals surface area contributed by atoms with Crippen LogP contribution in [0.4, 0.5) is 0 Å². The van der Waals surface area contributed by atoms with Gasteiger partial charge in [-0.3, -0.25) is 0 Å². The highest BCUT2D eigenvalue weighted by Crippen LogP contribution is 1.81. The van der Waals surface area contributed by atoms with E-state index in [9.17, 15) is 0 Å². The van der Waals surface area contributed by atoms with Gasteiger partial charge in [-0.05, 0) is 5.92 Å². The van der Waals surface area contributed by atoms with Crippen LogP contribution in [0, 0.1) is 5.92 Å². The third-order valence-corrected chi connectivity index (χ3v) is 0. The minimum absolute atomic E-state index is 0. The highest BCUT2D eigenvalue weighted by Gasteiger charge is 1.68. The summed E-state index contributed by atoms with van der Waals surface area (Å²) < 4.78 is 0. The first-order valence-corrected chi connectivity index (χ1v) is 7.73. The summed E-state index contributed by atoms with van der Waals surface area (Å²) in [6, 6.07) is 0. The van der Waals surface area contributed by atoms with E-state index < -0.39 is 0 Å². The summed E-state index contributed by atoms with van der Waals surface area (Å²) in [6.07, 6.45) is 0. The van der Waals surface area contributed by atoms with Gasteiger partial charge in [-0.25, -0.2) is 0 Å². The van der Waals surface area contributed by atoms with Crippen LogP contribution in [0.5, 0.6) is 0 Å². The minimum atomic E-state index is 0. The Morgan fingerprint density at radius 2 is 0.353 bits per heavy atom. The predicted octanol–water partition coefficient (Wildman–Crippen LogP) is 8.46. The molecular formula is C17H50. The molecular weight excluding hydrogens is 204 g/mol. The molecule has 0 aliphatic carbocycles. The van der Waals surface area contributed by atoms with Crippen molar-refractivity contribution in [2.24, 2.45) is 5.92 Å². The molecule has 17 heavy (non-hydrogen) atoms. The lowest BCUT2D eigenvalue weighted by Gasteiger charge is -1.79. The summed E-state index contributed by atoms with van der Waals surface area (Å²) in [6.45, 7) is 30.5. The summed E-state index contributed by atoms with van der Waals surface area (Å²) in [5.74, 6) is 0.833. The fourth-order valence-electron chi connectivity index (χ4n) is 0. The van der Waals surface area contributed by atoms with Gasteiger partial charge in [0.05, 0.1) is 0 Å². The van der Waals surface area contributed by atoms with Crippen molar-refractivity contribution >= 4 is 0 Å². The number of rotatable bonds is 0. The van der Waals surface area contributed by atoms with E-state index in [1.165, 1.54) is 0 Å².